The summed E-state index contributed by atoms with van der Waals surface area (Å²) in [4.78, 5) is 2.58. The third-order valence-corrected chi connectivity index (χ3v) is 5.49. The molecule has 0 saturated heterocycles. The predicted molar refractivity (Wildman–Crippen MR) is 138 cm³/mol. The van der Waals surface area contributed by atoms with Crippen molar-refractivity contribution in [2.24, 2.45) is 0 Å². The molecule has 0 spiro atoms. The Morgan fingerprint density at radius 1 is 0.579 bits per heavy atom. The van der Waals surface area contributed by atoms with Crippen molar-refractivity contribution in [3.63, 3.8) is 0 Å². The van der Waals surface area contributed by atoms with Crippen molar-refractivity contribution in [3.05, 3.63) is 145 Å². The van der Waals surface area contributed by atoms with Crippen LogP contribution in [-0.2, 0) is 4.76 Å². The van der Waals surface area contributed by atoms with Gasteiger partial charge in [-0.15, -0.1) is 19.9 Å². The predicted octanol–water partition coefficient (Wildman–Crippen LogP) is 1.59. The zero-order chi connectivity index (χ0) is 24.9. The first-order valence-corrected chi connectivity index (χ1v) is 11.6. The van der Waals surface area contributed by atoms with Crippen LogP contribution in [0.3, 0.4) is 0 Å². The molecule has 0 N–H and O–H groups in total. The summed E-state index contributed by atoms with van der Waals surface area (Å²) in [6, 6.07) is 33.8. The molecular formula is C27H21BKN6O3. The van der Waals surface area contributed by atoms with Crippen LogP contribution in [0.15, 0.2) is 128 Å². The van der Waals surface area contributed by atoms with Crippen LogP contribution in [0.4, 0.5) is 0 Å². The summed E-state index contributed by atoms with van der Waals surface area (Å²) in [6.45, 7) is 0. The molecule has 6 rings (SSSR count). The average Bonchev–Trinajstić information content (AvgIpc) is 3.72. The summed E-state index contributed by atoms with van der Waals surface area (Å²) in [5.41, 5.74) is 8.86. The molecular weight excluding hydrogens is 506 g/mol. The van der Waals surface area contributed by atoms with E-state index < -0.39 is 7.32 Å². The summed E-state index contributed by atoms with van der Waals surface area (Å²) in [5.74, 6) is 0. The van der Waals surface area contributed by atoms with Gasteiger partial charge in [0, 0.05) is 17.3 Å². The number of aromatic nitrogens is 4. The maximum absolute atomic E-state index is 5.89. The Kier molecular flexibility index (Phi) is 8.76. The fourth-order valence-corrected chi connectivity index (χ4v) is 3.71. The minimum absolute atomic E-state index is 0. The first kappa shape index (κ1) is 26.4. The quantitative estimate of drug-likeness (QED) is 0.271. The van der Waals surface area contributed by atoms with Gasteiger partial charge < -0.3 is 20.1 Å². The van der Waals surface area contributed by atoms with Crippen molar-refractivity contribution in [1.29, 1.82) is 0 Å². The minimum Gasteiger partial charge on any atom is -0.530 e. The second kappa shape index (κ2) is 12.6. The van der Waals surface area contributed by atoms with Gasteiger partial charge in [0.2, 0.25) is 0 Å². The van der Waals surface area contributed by atoms with Gasteiger partial charge >= 0.3 is 58.7 Å². The van der Waals surface area contributed by atoms with Crippen LogP contribution >= 0.6 is 0 Å². The van der Waals surface area contributed by atoms with Crippen molar-refractivity contribution in [1.82, 2.24) is 25.1 Å². The second-order valence-electron chi connectivity index (χ2n) is 8.01. The third kappa shape index (κ3) is 6.45. The molecule has 0 saturated carbocycles. The molecule has 3 heterocycles. The molecule has 0 bridgehead atoms. The number of rotatable bonds is 9. The summed E-state index contributed by atoms with van der Waals surface area (Å²) in [7, 11) is -1.27. The van der Waals surface area contributed by atoms with Crippen LogP contribution in [0.25, 0.3) is 27.9 Å². The molecule has 5 aromatic rings. The Balaban J connectivity index is 0.00000294. The van der Waals surface area contributed by atoms with E-state index in [1.165, 1.54) is 14.9 Å². The monoisotopic (exact) mass is 527 g/mol. The van der Waals surface area contributed by atoms with Crippen LogP contribution in [0.5, 0.6) is 0 Å². The van der Waals surface area contributed by atoms with E-state index in [4.69, 9.17) is 14.3 Å². The number of hydrogen-bond donors (Lipinski definition) is 0. The molecule has 0 aliphatic carbocycles. The van der Waals surface area contributed by atoms with Crippen LogP contribution in [0.1, 0.15) is 5.56 Å². The third-order valence-electron chi connectivity index (χ3n) is 5.49. The summed E-state index contributed by atoms with van der Waals surface area (Å²) in [5, 5.41) is 10.3. The minimum atomic E-state index is -1.27. The SMILES string of the molecule is C1=CN(OB(On2ccc(-c3ccccc3)n2)On2ccc(-c3ccccc3)n2)[N-][C]1c1ccccc1.[K+]. The molecule has 11 heteroatoms. The van der Waals surface area contributed by atoms with Crippen LogP contribution in [-0.4, -0.2) is 32.4 Å². The van der Waals surface area contributed by atoms with E-state index in [-0.39, 0.29) is 51.4 Å². The zero-order valence-corrected chi connectivity index (χ0v) is 23.7. The molecule has 0 fully saturated rings. The van der Waals surface area contributed by atoms with Gasteiger partial charge in [-0.05, 0) is 12.1 Å². The fraction of sp³-hybridized carbons (Fsp3) is 0. The Morgan fingerprint density at radius 2 is 1.05 bits per heavy atom. The molecule has 1 aliphatic heterocycles. The Bertz CT molecular complexity index is 1390. The van der Waals surface area contributed by atoms with Gasteiger partial charge in [0.15, 0.2) is 0 Å². The Hall–Kier alpha value is -3.16. The molecule has 38 heavy (non-hydrogen) atoms. The van der Waals surface area contributed by atoms with Gasteiger partial charge in [0.1, 0.15) is 0 Å². The normalized spacial score (nSPS) is 12.8. The Morgan fingerprint density at radius 3 is 1.55 bits per heavy atom. The van der Waals surface area contributed by atoms with Gasteiger partial charge in [-0.3, -0.25) is 4.76 Å². The first-order chi connectivity index (χ1) is 18.3. The van der Waals surface area contributed by atoms with Crippen molar-refractivity contribution in [2.75, 3.05) is 0 Å². The van der Waals surface area contributed by atoms with Gasteiger partial charge in [-0.1, -0.05) is 109 Å². The van der Waals surface area contributed by atoms with Crippen LogP contribution in [0, 0.1) is 6.04 Å². The van der Waals surface area contributed by atoms with E-state index in [0.717, 1.165) is 34.1 Å². The van der Waals surface area contributed by atoms with Crippen LogP contribution in [0.2, 0.25) is 0 Å². The van der Waals surface area contributed by atoms with Gasteiger partial charge in [-0.25, -0.2) is 0 Å². The molecule has 3 aromatic carbocycles. The number of hydroxylamine groups is 1. The fourth-order valence-electron chi connectivity index (χ4n) is 3.71. The van der Waals surface area contributed by atoms with E-state index in [9.17, 15) is 0 Å². The van der Waals surface area contributed by atoms with Crippen molar-refractivity contribution in [2.45, 2.75) is 0 Å². The van der Waals surface area contributed by atoms with Gasteiger partial charge in [0.25, 0.3) is 0 Å². The smallest absolute Gasteiger partial charge is 0.530 e. The van der Waals surface area contributed by atoms with Crippen molar-refractivity contribution in [3.8, 4) is 22.5 Å². The Labute approximate surface area is 263 Å². The molecule has 181 valence electrons. The number of hydrogen-bond acceptors (Lipinski definition) is 6. The average molecular weight is 527 g/mol. The van der Waals surface area contributed by atoms with Crippen molar-refractivity contribution < 1.29 is 65.6 Å². The first-order valence-electron chi connectivity index (χ1n) is 11.6. The zero-order valence-electron chi connectivity index (χ0n) is 20.6. The second-order valence-corrected chi connectivity index (χ2v) is 8.01. The molecule has 0 unspecified atom stereocenters. The van der Waals surface area contributed by atoms with Crippen LogP contribution < -0.4 is 60.9 Å². The molecule has 1 aliphatic rings. The number of nitrogens with zero attached hydrogens (tertiary/aromatic N) is 6. The van der Waals surface area contributed by atoms with E-state index in [0.29, 0.717) is 0 Å². The molecule has 0 amide bonds. The van der Waals surface area contributed by atoms with Gasteiger partial charge in [0.05, 0.1) is 23.8 Å². The van der Waals surface area contributed by atoms with E-state index in [1.807, 2.05) is 109 Å². The topological polar surface area (TPSA) is 80.7 Å². The molecule has 2 aromatic heterocycles. The molecule has 9 nitrogen and oxygen atoms in total. The summed E-state index contributed by atoms with van der Waals surface area (Å²) < 4.78 is 17.7. The van der Waals surface area contributed by atoms with Crippen molar-refractivity contribution >= 4 is 7.32 Å². The number of benzene rings is 3. The maximum atomic E-state index is 5.89. The summed E-state index contributed by atoms with van der Waals surface area (Å²) >= 11 is 0. The largest absolute Gasteiger partial charge is 1.00 e. The molecule has 1 radical (unpaired) electrons. The maximum Gasteiger partial charge on any atom is 1.00 e. The molecule has 0 atom stereocenters. The standard InChI is InChI=1S/C27H21BN6O3.K/c1-4-10-22(11-5-1)25-16-19-32(29-25)35-28(36-33-20-17-26(30-33)23-12-6-2-7-13-23)37-34-21-18-27(31-34)24-14-8-3-9-15-24;/h1-21H;/q-1;+1. The van der Waals surface area contributed by atoms with E-state index in [2.05, 4.69) is 15.6 Å². The van der Waals surface area contributed by atoms with E-state index >= 15 is 0 Å². The van der Waals surface area contributed by atoms with Gasteiger partial charge in [-0.2, -0.15) is 0 Å². The van der Waals surface area contributed by atoms with E-state index in [1.54, 1.807) is 18.6 Å². The summed E-state index contributed by atoms with van der Waals surface area (Å²) in [6.07, 6.45) is 6.88.